The summed E-state index contributed by atoms with van der Waals surface area (Å²) in [6.07, 6.45) is 2.76. The first kappa shape index (κ1) is 10.0. The fourth-order valence-electron chi connectivity index (χ4n) is 2.67. The molecule has 0 amide bonds. The van der Waals surface area contributed by atoms with E-state index < -0.39 is 0 Å². The van der Waals surface area contributed by atoms with Gasteiger partial charge in [0.1, 0.15) is 0 Å². The summed E-state index contributed by atoms with van der Waals surface area (Å²) in [5.74, 6) is 2.43. The maximum atomic E-state index is 5.77. The molecule has 1 unspecified atom stereocenters. The Morgan fingerprint density at radius 1 is 1.33 bits per heavy atom. The van der Waals surface area contributed by atoms with Gasteiger partial charge >= 0.3 is 0 Å². The maximum Gasteiger partial charge on any atom is -0.00438 e. The first-order valence-electron chi connectivity index (χ1n) is 5.16. The predicted octanol–water partition coefficient (Wildman–Crippen LogP) is 2.65. The highest BCUT2D eigenvalue weighted by Crippen LogP contribution is 2.49. The minimum absolute atomic E-state index is 0.604. The molecule has 0 aliphatic heterocycles. The van der Waals surface area contributed by atoms with Crippen LogP contribution in [0.25, 0.3) is 0 Å². The Labute approximate surface area is 76.7 Å². The molecule has 1 heteroatoms. The monoisotopic (exact) mass is 169 g/mol. The average molecular weight is 169 g/mol. The van der Waals surface area contributed by atoms with Gasteiger partial charge in [-0.1, -0.05) is 27.7 Å². The Morgan fingerprint density at radius 2 is 1.83 bits per heavy atom. The van der Waals surface area contributed by atoms with Gasteiger partial charge in [0, 0.05) is 0 Å². The zero-order chi connectivity index (χ0) is 9.35. The molecule has 1 saturated carbocycles. The molecule has 1 rings (SSSR count). The van der Waals surface area contributed by atoms with Gasteiger partial charge in [-0.05, 0) is 42.6 Å². The Morgan fingerprint density at radius 3 is 2.08 bits per heavy atom. The van der Waals surface area contributed by atoms with E-state index in [1.165, 1.54) is 12.8 Å². The molecule has 0 saturated heterocycles. The molecule has 12 heavy (non-hydrogen) atoms. The van der Waals surface area contributed by atoms with Gasteiger partial charge in [0.25, 0.3) is 0 Å². The standard InChI is InChI=1S/C11H23N/c1-8(2)10(7-12)9-5-11(3,4)6-9/h8-10H,5-7,12H2,1-4H3. The molecule has 72 valence electrons. The number of hydrogen-bond donors (Lipinski definition) is 1. The van der Waals surface area contributed by atoms with E-state index in [0.717, 1.165) is 24.3 Å². The molecule has 0 heterocycles. The summed E-state index contributed by atoms with van der Waals surface area (Å²) in [5.41, 5.74) is 6.38. The minimum Gasteiger partial charge on any atom is -0.330 e. The third kappa shape index (κ3) is 2.01. The summed E-state index contributed by atoms with van der Waals surface area (Å²) in [5, 5.41) is 0. The van der Waals surface area contributed by atoms with Crippen molar-refractivity contribution in [2.75, 3.05) is 6.54 Å². The van der Waals surface area contributed by atoms with Gasteiger partial charge < -0.3 is 5.73 Å². The van der Waals surface area contributed by atoms with Crippen LogP contribution in [0.3, 0.4) is 0 Å². The molecule has 0 aromatic carbocycles. The summed E-state index contributed by atoms with van der Waals surface area (Å²) in [4.78, 5) is 0. The van der Waals surface area contributed by atoms with Gasteiger partial charge in [-0.15, -0.1) is 0 Å². The summed E-state index contributed by atoms with van der Waals surface area (Å²) in [6, 6.07) is 0. The van der Waals surface area contributed by atoms with Crippen LogP contribution < -0.4 is 5.73 Å². The highest BCUT2D eigenvalue weighted by atomic mass is 14.6. The summed E-state index contributed by atoms with van der Waals surface area (Å²) in [7, 11) is 0. The number of rotatable bonds is 3. The SMILES string of the molecule is CC(C)C(CN)C1CC(C)(C)C1. The minimum atomic E-state index is 0.604. The van der Waals surface area contributed by atoms with Crippen molar-refractivity contribution in [3.8, 4) is 0 Å². The van der Waals surface area contributed by atoms with Crippen molar-refractivity contribution >= 4 is 0 Å². The quantitative estimate of drug-likeness (QED) is 0.690. The van der Waals surface area contributed by atoms with Gasteiger partial charge in [-0.25, -0.2) is 0 Å². The van der Waals surface area contributed by atoms with Crippen LogP contribution in [0.5, 0.6) is 0 Å². The molecule has 1 nitrogen and oxygen atoms in total. The number of hydrogen-bond acceptors (Lipinski definition) is 1. The Hall–Kier alpha value is -0.0400. The normalized spacial score (nSPS) is 25.5. The average Bonchev–Trinajstić information content (AvgIpc) is 1.84. The lowest BCUT2D eigenvalue weighted by atomic mass is 9.58. The Bertz CT molecular complexity index is 141. The van der Waals surface area contributed by atoms with Crippen molar-refractivity contribution in [1.29, 1.82) is 0 Å². The molecule has 0 spiro atoms. The Balaban J connectivity index is 2.39. The van der Waals surface area contributed by atoms with Gasteiger partial charge in [0.15, 0.2) is 0 Å². The van der Waals surface area contributed by atoms with Crippen molar-refractivity contribution in [2.45, 2.75) is 40.5 Å². The summed E-state index contributed by atoms with van der Waals surface area (Å²) in [6.45, 7) is 10.2. The topological polar surface area (TPSA) is 26.0 Å². The molecule has 0 radical (unpaired) electrons. The van der Waals surface area contributed by atoms with Crippen LogP contribution in [-0.4, -0.2) is 6.54 Å². The van der Waals surface area contributed by atoms with Gasteiger partial charge in [-0.3, -0.25) is 0 Å². The molecular formula is C11H23N. The van der Waals surface area contributed by atoms with E-state index in [0.29, 0.717) is 5.41 Å². The largest absolute Gasteiger partial charge is 0.330 e. The molecular weight excluding hydrogens is 146 g/mol. The molecule has 0 aromatic rings. The third-order valence-electron chi connectivity index (χ3n) is 3.36. The molecule has 2 N–H and O–H groups in total. The van der Waals surface area contributed by atoms with Crippen molar-refractivity contribution in [2.24, 2.45) is 28.9 Å². The van der Waals surface area contributed by atoms with Crippen molar-refractivity contribution in [3.63, 3.8) is 0 Å². The predicted molar refractivity (Wildman–Crippen MR) is 53.9 cm³/mol. The van der Waals surface area contributed by atoms with E-state index >= 15 is 0 Å². The molecule has 0 bridgehead atoms. The highest BCUT2D eigenvalue weighted by Gasteiger charge is 2.40. The van der Waals surface area contributed by atoms with Crippen LogP contribution in [0, 0.1) is 23.2 Å². The van der Waals surface area contributed by atoms with Crippen LogP contribution in [0.4, 0.5) is 0 Å². The lowest BCUT2D eigenvalue weighted by Crippen LogP contribution is -2.41. The van der Waals surface area contributed by atoms with Gasteiger partial charge in [0.2, 0.25) is 0 Å². The van der Waals surface area contributed by atoms with E-state index in [2.05, 4.69) is 27.7 Å². The van der Waals surface area contributed by atoms with Crippen LogP contribution in [0.15, 0.2) is 0 Å². The summed E-state index contributed by atoms with van der Waals surface area (Å²) >= 11 is 0. The maximum absolute atomic E-state index is 5.77. The van der Waals surface area contributed by atoms with Crippen molar-refractivity contribution in [3.05, 3.63) is 0 Å². The zero-order valence-electron chi connectivity index (χ0n) is 8.93. The fourth-order valence-corrected chi connectivity index (χ4v) is 2.67. The molecule has 0 aromatic heterocycles. The third-order valence-corrected chi connectivity index (χ3v) is 3.36. The van der Waals surface area contributed by atoms with Crippen LogP contribution in [-0.2, 0) is 0 Å². The van der Waals surface area contributed by atoms with E-state index in [1.807, 2.05) is 0 Å². The van der Waals surface area contributed by atoms with Crippen LogP contribution in [0.2, 0.25) is 0 Å². The Kier molecular flexibility index (Phi) is 2.82. The molecule has 1 atom stereocenters. The smallest absolute Gasteiger partial charge is 0.00438 e. The fraction of sp³-hybridized carbons (Fsp3) is 1.00. The second-order valence-corrected chi connectivity index (χ2v) is 5.48. The van der Waals surface area contributed by atoms with Gasteiger partial charge in [-0.2, -0.15) is 0 Å². The lowest BCUT2D eigenvalue weighted by molar-refractivity contribution is 0.0344. The molecule has 1 fully saturated rings. The zero-order valence-corrected chi connectivity index (χ0v) is 8.93. The van der Waals surface area contributed by atoms with E-state index in [4.69, 9.17) is 5.73 Å². The van der Waals surface area contributed by atoms with Crippen LogP contribution >= 0.6 is 0 Å². The first-order valence-corrected chi connectivity index (χ1v) is 5.16. The van der Waals surface area contributed by atoms with E-state index in [1.54, 1.807) is 0 Å². The number of nitrogens with two attached hydrogens (primary N) is 1. The van der Waals surface area contributed by atoms with E-state index in [-0.39, 0.29) is 0 Å². The van der Waals surface area contributed by atoms with Gasteiger partial charge in [0.05, 0.1) is 0 Å². The second kappa shape index (κ2) is 3.37. The summed E-state index contributed by atoms with van der Waals surface area (Å²) < 4.78 is 0. The van der Waals surface area contributed by atoms with Crippen LogP contribution in [0.1, 0.15) is 40.5 Å². The molecule has 1 aliphatic rings. The van der Waals surface area contributed by atoms with Crippen molar-refractivity contribution in [1.82, 2.24) is 0 Å². The highest BCUT2D eigenvalue weighted by molar-refractivity contribution is 4.91. The molecule has 1 aliphatic carbocycles. The second-order valence-electron chi connectivity index (χ2n) is 5.48. The van der Waals surface area contributed by atoms with E-state index in [9.17, 15) is 0 Å². The lowest BCUT2D eigenvalue weighted by Gasteiger charge is -2.47. The first-order chi connectivity index (χ1) is 5.46. The van der Waals surface area contributed by atoms with Crippen molar-refractivity contribution < 1.29 is 0 Å².